The van der Waals surface area contributed by atoms with E-state index in [0.717, 1.165) is 6.07 Å². The highest BCUT2D eigenvalue weighted by atomic mass is 31.2. The SMILES string of the molecule is CC(C)N(C(C)C)P(OCCc1ccc(F)cc1F)N(C(C)C)C(C)C. The molecular formula is C20H35F2N2OP. The van der Waals surface area contributed by atoms with E-state index in [0.29, 0.717) is 42.8 Å². The smallest absolute Gasteiger partial charge is 0.188 e. The third-order valence-electron chi connectivity index (χ3n) is 4.10. The summed E-state index contributed by atoms with van der Waals surface area (Å²) < 4.78 is 38.1. The highest BCUT2D eigenvalue weighted by Gasteiger charge is 2.34. The Labute approximate surface area is 159 Å². The van der Waals surface area contributed by atoms with Gasteiger partial charge >= 0.3 is 0 Å². The summed E-state index contributed by atoms with van der Waals surface area (Å²) in [6.45, 7) is 17.8. The van der Waals surface area contributed by atoms with Crippen LogP contribution in [0.2, 0.25) is 0 Å². The minimum atomic E-state index is -0.987. The molecule has 0 aliphatic heterocycles. The summed E-state index contributed by atoms with van der Waals surface area (Å²) in [5.74, 6) is -1.06. The molecule has 150 valence electrons. The number of hydrogen-bond acceptors (Lipinski definition) is 3. The molecule has 0 N–H and O–H groups in total. The van der Waals surface area contributed by atoms with Crippen LogP contribution in [0.3, 0.4) is 0 Å². The molecule has 0 atom stereocenters. The van der Waals surface area contributed by atoms with Gasteiger partial charge < -0.3 is 4.52 Å². The normalized spacial score (nSPS) is 12.8. The Kier molecular flexibility index (Phi) is 9.60. The van der Waals surface area contributed by atoms with Gasteiger partial charge in [-0.2, -0.15) is 0 Å². The summed E-state index contributed by atoms with van der Waals surface area (Å²) in [5, 5.41) is 0. The summed E-state index contributed by atoms with van der Waals surface area (Å²) in [5.41, 5.74) is 0.489. The molecule has 1 rings (SSSR count). The molecule has 3 nitrogen and oxygen atoms in total. The van der Waals surface area contributed by atoms with Crippen LogP contribution in [0.4, 0.5) is 8.78 Å². The molecule has 0 bridgehead atoms. The van der Waals surface area contributed by atoms with Gasteiger partial charge in [-0.1, -0.05) is 6.07 Å². The number of hydrogen-bond donors (Lipinski definition) is 0. The van der Waals surface area contributed by atoms with Gasteiger partial charge in [-0.25, -0.2) is 18.1 Å². The van der Waals surface area contributed by atoms with Gasteiger partial charge in [0.1, 0.15) is 11.6 Å². The summed E-state index contributed by atoms with van der Waals surface area (Å²) in [4.78, 5) is 0. The van der Waals surface area contributed by atoms with Crippen molar-refractivity contribution in [2.24, 2.45) is 0 Å². The lowest BCUT2D eigenvalue weighted by Gasteiger charge is -2.45. The Morgan fingerprint density at radius 1 is 0.846 bits per heavy atom. The van der Waals surface area contributed by atoms with E-state index >= 15 is 0 Å². The van der Waals surface area contributed by atoms with Crippen LogP contribution in [0.25, 0.3) is 0 Å². The van der Waals surface area contributed by atoms with E-state index in [1.54, 1.807) is 0 Å². The van der Waals surface area contributed by atoms with Gasteiger partial charge in [-0.3, -0.25) is 0 Å². The fraction of sp³-hybridized carbons (Fsp3) is 0.700. The number of nitrogens with zero attached hydrogens (tertiary/aromatic N) is 2. The van der Waals surface area contributed by atoms with Crippen molar-refractivity contribution in [3.63, 3.8) is 0 Å². The lowest BCUT2D eigenvalue weighted by atomic mass is 10.1. The lowest BCUT2D eigenvalue weighted by molar-refractivity contribution is 0.187. The molecule has 0 saturated carbocycles. The van der Waals surface area contributed by atoms with Gasteiger partial charge in [0.25, 0.3) is 0 Å². The minimum Gasteiger partial charge on any atom is -0.331 e. The zero-order valence-corrected chi connectivity index (χ0v) is 18.4. The standard InChI is InChI=1S/C20H35F2N2OP/c1-14(2)23(15(3)4)26(24(16(5)6)17(7)8)25-12-11-18-9-10-19(21)13-20(18)22/h9-10,13-17H,11-12H2,1-8H3. The minimum absolute atomic E-state index is 0.337. The Hall–Kier alpha value is -0.610. The van der Waals surface area contributed by atoms with Crippen LogP contribution < -0.4 is 0 Å². The maximum absolute atomic E-state index is 13.9. The Morgan fingerprint density at radius 3 is 1.69 bits per heavy atom. The number of benzene rings is 1. The van der Waals surface area contributed by atoms with Crippen molar-refractivity contribution in [2.45, 2.75) is 86.0 Å². The largest absolute Gasteiger partial charge is 0.331 e. The molecule has 1 aromatic rings. The third-order valence-corrected chi connectivity index (χ3v) is 7.16. The Morgan fingerprint density at radius 2 is 1.31 bits per heavy atom. The van der Waals surface area contributed by atoms with E-state index in [1.807, 2.05) is 0 Å². The van der Waals surface area contributed by atoms with Crippen molar-refractivity contribution in [3.8, 4) is 0 Å². The molecule has 0 fully saturated rings. The summed E-state index contributed by atoms with van der Waals surface area (Å²) in [6.07, 6.45) is 0.430. The van der Waals surface area contributed by atoms with Gasteiger partial charge in [0.2, 0.25) is 0 Å². The molecule has 26 heavy (non-hydrogen) atoms. The maximum atomic E-state index is 13.9. The first-order chi connectivity index (χ1) is 12.1. The van der Waals surface area contributed by atoms with E-state index in [4.69, 9.17) is 4.52 Å². The van der Waals surface area contributed by atoms with Gasteiger partial charge in [-0.05, 0) is 73.4 Å². The summed E-state index contributed by atoms with van der Waals surface area (Å²) in [7, 11) is -0.987. The van der Waals surface area contributed by atoms with E-state index in [1.165, 1.54) is 12.1 Å². The zero-order valence-electron chi connectivity index (χ0n) is 17.5. The van der Waals surface area contributed by atoms with Crippen LogP contribution in [0.1, 0.15) is 61.0 Å². The van der Waals surface area contributed by atoms with E-state index < -0.39 is 20.1 Å². The Bertz CT molecular complexity index is 517. The molecule has 6 heteroatoms. The predicted molar refractivity (Wildman–Crippen MR) is 107 cm³/mol. The first kappa shape index (κ1) is 23.4. The summed E-state index contributed by atoms with van der Waals surface area (Å²) >= 11 is 0. The third kappa shape index (κ3) is 6.53. The van der Waals surface area contributed by atoms with Crippen molar-refractivity contribution in [1.29, 1.82) is 0 Å². The molecular weight excluding hydrogens is 353 g/mol. The van der Waals surface area contributed by atoms with Crippen LogP contribution in [0, 0.1) is 11.6 Å². The molecule has 0 amide bonds. The predicted octanol–water partition coefficient (Wildman–Crippen LogP) is 5.99. The van der Waals surface area contributed by atoms with Gasteiger partial charge in [0.05, 0.1) is 6.61 Å². The van der Waals surface area contributed by atoms with Crippen LogP contribution >= 0.6 is 8.45 Å². The first-order valence-corrected chi connectivity index (χ1v) is 10.7. The lowest BCUT2D eigenvalue weighted by Crippen LogP contribution is -2.43. The van der Waals surface area contributed by atoms with Crippen molar-refractivity contribution < 1.29 is 13.3 Å². The Balaban J connectivity index is 2.97. The zero-order chi connectivity index (χ0) is 20.0. The van der Waals surface area contributed by atoms with Crippen LogP contribution in [0.5, 0.6) is 0 Å². The average molecular weight is 388 g/mol. The molecule has 0 spiro atoms. The van der Waals surface area contributed by atoms with Crippen LogP contribution in [0.15, 0.2) is 18.2 Å². The second kappa shape index (κ2) is 10.7. The second-order valence-corrected chi connectivity index (χ2v) is 9.39. The van der Waals surface area contributed by atoms with Crippen molar-refractivity contribution in [1.82, 2.24) is 9.34 Å². The molecule has 0 saturated heterocycles. The number of rotatable bonds is 10. The number of halogens is 2. The van der Waals surface area contributed by atoms with Crippen LogP contribution in [-0.4, -0.2) is 40.1 Å². The molecule has 0 aromatic heterocycles. The van der Waals surface area contributed by atoms with Gasteiger partial charge in [0, 0.05) is 30.2 Å². The van der Waals surface area contributed by atoms with Crippen molar-refractivity contribution in [2.75, 3.05) is 6.61 Å². The van der Waals surface area contributed by atoms with Gasteiger partial charge in [0.15, 0.2) is 8.45 Å². The molecule has 0 aliphatic rings. The second-order valence-electron chi connectivity index (χ2n) is 7.71. The molecule has 0 heterocycles. The average Bonchev–Trinajstić information content (AvgIpc) is 2.47. The fourth-order valence-electron chi connectivity index (χ4n) is 3.20. The van der Waals surface area contributed by atoms with Crippen molar-refractivity contribution in [3.05, 3.63) is 35.4 Å². The quantitative estimate of drug-likeness (QED) is 0.458. The summed E-state index contributed by atoms with van der Waals surface area (Å²) in [6, 6.07) is 5.08. The van der Waals surface area contributed by atoms with Gasteiger partial charge in [-0.15, -0.1) is 0 Å². The van der Waals surface area contributed by atoms with E-state index in [2.05, 4.69) is 64.7 Å². The van der Waals surface area contributed by atoms with E-state index in [-0.39, 0.29) is 0 Å². The highest BCUT2D eigenvalue weighted by molar-refractivity contribution is 7.47. The topological polar surface area (TPSA) is 15.7 Å². The molecule has 0 aliphatic carbocycles. The molecule has 0 radical (unpaired) electrons. The van der Waals surface area contributed by atoms with E-state index in [9.17, 15) is 8.78 Å². The first-order valence-electron chi connectivity index (χ1n) is 9.49. The molecule has 1 aromatic carbocycles. The van der Waals surface area contributed by atoms with Crippen molar-refractivity contribution >= 4 is 8.45 Å². The maximum Gasteiger partial charge on any atom is 0.188 e. The monoisotopic (exact) mass is 388 g/mol. The highest BCUT2D eigenvalue weighted by Crippen LogP contribution is 2.50. The fourth-order valence-corrected chi connectivity index (χ4v) is 5.54. The molecule has 0 unspecified atom stereocenters. The van der Waals surface area contributed by atoms with Crippen LogP contribution in [-0.2, 0) is 10.9 Å².